The molecule has 0 amide bonds. The maximum atomic E-state index is 5.57. The van der Waals surface area contributed by atoms with Crippen molar-refractivity contribution in [3.05, 3.63) is 64.6 Å². The molecule has 0 aliphatic heterocycles. The molecule has 18 heavy (non-hydrogen) atoms. The second-order valence-electron chi connectivity index (χ2n) is 3.81. The first-order valence-electron chi connectivity index (χ1n) is 5.85. The van der Waals surface area contributed by atoms with E-state index in [1.54, 1.807) is 0 Å². The zero-order valence-corrected chi connectivity index (χ0v) is 11.6. The molecule has 0 unspecified atom stereocenters. The summed E-state index contributed by atoms with van der Waals surface area (Å²) < 4.78 is 12.2. The maximum Gasteiger partial charge on any atom is 0.119 e. The molecule has 3 heteroatoms. The Morgan fingerprint density at radius 3 is 2.33 bits per heavy atom. The van der Waals surface area contributed by atoms with Crippen LogP contribution < -0.4 is 4.74 Å². The SMILES string of the molecule is Brc1ccccc1COCCOc1ccccc1. The summed E-state index contributed by atoms with van der Waals surface area (Å²) in [4.78, 5) is 0. The van der Waals surface area contributed by atoms with Gasteiger partial charge in [-0.2, -0.15) is 0 Å². The van der Waals surface area contributed by atoms with Crippen molar-refractivity contribution in [3.63, 3.8) is 0 Å². The largest absolute Gasteiger partial charge is 0.491 e. The first-order valence-corrected chi connectivity index (χ1v) is 6.64. The number of benzene rings is 2. The average Bonchev–Trinajstić information content (AvgIpc) is 2.42. The molecule has 0 N–H and O–H groups in total. The summed E-state index contributed by atoms with van der Waals surface area (Å²) in [5.41, 5.74) is 1.15. The Labute approximate surface area is 116 Å². The highest BCUT2D eigenvalue weighted by Gasteiger charge is 1.98. The molecule has 0 atom stereocenters. The van der Waals surface area contributed by atoms with Gasteiger partial charge in [-0.3, -0.25) is 0 Å². The Morgan fingerprint density at radius 2 is 1.56 bits per heavy atom. The van der Waals surface area contributed by atoms with E-state index in [4.69, 9.17) is 9.47 Å². The molecule has 0 saturated heterocycles. The van der Waals surface area contributed by atoms with Crippen molar-refractivity contribution in [2.45, 2.75) is 6.61 Å². The summed E-state index contributed by atoms with van der Waals surface area (Å²) in [5, 5.41) is 0. The lowest BCUT2D eigenvalue weighted by Crippen LogP contribution is -2.06. The van der Waals surface area contributed by atoms with Crippen LogP contribution in [0.4, 0.5) is 0 Å². The molecular formula is C15H15BrO2. The number of hydrogen-bond donors (Lipinski definition) is 0. The monoisotopic (exact) mass is 306 g/mol. The molecule has 0 aliphatic carbocycles. The third-order valence-corrected chi connectivity index (χ3v) is 3.23. The molecule has 2 rings (SSSR count). The van der Waals surface area contributed by atoms with E-state index in [9.17, 15) is 0 Å². The van der Waals surface area contributed by atoms with Crippen LogP contribution in [0, 0.1) is 0 Å². The zero-order valence-electron chi connectivity index (χ0n) is 10.0. The van der Waals surface area contributed by atoms with Crippen LogP contribution in [-0.4, -0.2) is 13.2 Å². The Hall–Kier alpha value is -1.32. The first kappa shape index (κ1) is 13.1. The van der Waals surface area contributed by atoms with E-state index in [2.05, 4.69) is 15.9 Å². The van der Waals surface area contributed by atoms with E-state index >= 15 is 0 Å². The van der Waals surface area contributed by atoms with Crippen molar-refractivity contribution < 1.29 is 9.47 Å². The van der Waals surface area contributed by atoms with Crippen LogP contribution in [0.2, 0.25) is 0 Å². The Morgan fingerprint density at radius 1 is 0.833 bits per heavy atom. The summed E-state index contributed by atoms with van der Waals surface area (Å²) in [6, 6.07) is 17.8. The van der Waals surface area contributed by atoms with Gasteiger partial charge in [0.1, 0.15) is 12.4 Å². The normalized spacial score (nSPS) is 10.3. The summed E-state index contributed by atoms with van der Waals surface area (Å²) in [6.07, 6.45) is 0. The number of rotatable bonds is 6. The molecule has 0 heterocycles. The van der Waals surface area contributed by atoms with Gasteiger partial charge in [0.25, 0.3) is 0 Å². The predicted octanol–water partition coefficient (Wildman–Crippen LogP) is 4.04. The smallest absolute Gasteiger partial charge is 0.119 e. The first-order chi connectivity index (χ1) is 8.86. The number of halogens is 1. The van der Waals surface area contributed by atoms with Crippen LogP contribution in [0.25, 0.3) is 0 Å². The standard InChI is InChI=1S/C15H15BrO2/c16-15-9-5-4-6-13(15)12-17-10-11-18-14-7-2-1-3-8-14/h1-9H,10-12H2. The minimum Gasteiger partial charge on any atom is -0.491 e. The minimum absolute atomic E-state index is 0.564. The van der Waals surface area contributed by atoms with Gasteiger partial charge in [0, 0.05) is 4.47 Å². The molecule has 2 aromatic rings. The van der Waals surface area contributed by atoms with Crippen molar-refractivity contribution in [1.82, 2.24) is 0 Å². The Balaban J connectivity index is 1.66. The molecule has 0 spiro atoms. The quantitative estimate of drug-likeness (QED) is 0.750. The number of para-hydroxylation sites is 1. The van der Waals surface area contributed by atoms with E-state index in [1.165, 1.54) is 0 Å². The van der Waals surface area contributed by atoms with E-state index in [0.29, 0.717) is 19.8 Å². The van der Waals surface area contributed by atoms with Crippen molar-refractivity contribution in [3.8, 4) is 5.75 Å². The predicted molar refractivity (Wildman–Crippen MR) is 75.7 cm³/mol. The second kappa shape index (κ2) is 7.19. The highest BCUT2D eigenvalue weighted by molar-refractivity contribution is 9.10. The lowest BCUT2D eigenvalue weighted by atomic mass is 10.2. The number of hydrogen-bond acceptors (Lipinski definition) is 2. The van der Waals surface area contributed by atoms with Crippen LogP contribution in [0.15, 0.2) is 59.1 Å². The van der Waals surface area contributed by atoms with E-state index in [1.807, 2.05) is 54.6 Å². The van der Waals surface area contributed by atoms with Crippen LogP contribution in [-0.2, 0) is 11.3 Å². The van der Waals surface area contributed by atoms with Gasteiger partial charge in [0.2, 0.25) is 0 Å². The van der Waals surface area contributed by atoms with Crippen LogP contribution in [0.3, 0.4) is 0 Å². The van der Waals surface area contributed by atoms with E-state index in [0.717, 1.165) is 15.8 Å². The van der Waals surface area contributed by atoms with Gasteiger partial charge < -0.3 is 9.47 Å². The summed E-state index contributed by atoms with van der Waals surface area (Å²) >= 11 is 3.49. The third-order valence-electron chi connectivity index (χ3n) is 2.46. The minimum atomic E-state index is 0.564. The molecule has 2 nitrogen and oxygen atoms in total. The third kappa shape index (κ3) is 4.17. The summed E-state index contributed by atoms with van der Waals surface area (Å²) in [5.74, 6) is 0.877. The molecular weight excluding hydrogens is 292 g/mol. The second-order valence-corrected chi connectivity index (χ2v) is 4.66. The van der Waals surface area contributed by atoms with E-state index < -0.39 is 0 Å². The Kier molecular flexibility index (Phi) is 5.24. The zero-order chi connectivity index (χ0) is 12.6. The molecule has 0 saturated carbocycles. The Bertz CT molecular complexity index is 471. The molecule has 2 aromatic carbocycles. The molecule has 0 aromatic heterocycles. The molecule has 0 fully saturated rings. The molecule has 0 radical (unpaired) electrons. The lowest BCUT2D eigenvalue weighted by molar-refractivity contribution is 0.0886. The van der Waals surface area contributed by atoms with Crippen LogP contribution >= 0.6 is 15.9 Å². The van der Waals surface area contributed by atoms with Gasteiger partial charge in [0.15, 0.2) is 0 Å². The fourth-order valence-corrected chi connectivity index (χ4v) is 1.93. The van der Waals surface area contributed by atoms with Crippen molar-refractivity contribution in [2.24, 2.45) is 0 Å². The maximum absolute atomic E-state index is 5.57. The molecule has 0 aliphatic rings. The fourth-order valence-electron chi connectivity index (χ4n) is 1.53. The summed E-state index contributed by atoms with van der Waals surface area (Å²) in [7, 11) is 0. The summed E-state index contributed by atoms with van der Waals surface area (Å²) in [6.45, 7) is 1.74. The highest BCUT2D eigenvalue weighted by Crippen LogP contribution is 2.16. The van der Waals surface area contributed by atoms with Gasteiger partial charge in [-0.05, 0) is 23.8 Å². The average molecular weight is 307 g/mol. The topological polar surface area (TPSA) is 18.5 Å². The highest BCUT2D eigenvalue weighted by atomic mass is 79.9. The van der Waals surface area contributed by atoms with Gasteiger partial charge in [-0.1, -0.05) is 52.3 Å². The molecule has 0 bridgehead atoms. The van der Waals surface area contributed by atoms with Crippen LogP contribution in [0.1, 0.15) is 5.56 Å². The van der Waals surface area contributed by atoms with Crippen molar-refractivity contribution in [1.29, 1.82) is 0 Å². The lowest BCUT2D eigenvalue weighted by Gasteiger charge is -2.08. The van der Waals surface area contributed by atoms with Gasteiger partial charge in [-0.15, -0.1) is 0 Å². The van der Waals surface area contributed by atoms with Crippen LogP contribution in [0.5, 0.6) is 5.75 Å². The molecule has 94 valence electrons. The van der Waals surface area contributed by atoms with Gasteiger partial charge >= 0.3 is 0 Å². The van der Waals surface area contributed by atoms with E-state index in [-0.39, 0.29) is 0 Å². The van der Waals surface area contributed by atoms with Crippen molar-refractivity contribution >= 4 is 15.9 Å². The fraction of sp³-hybridized carbons (Fsp3) is 0.200. The van der Waals surface area contributed by atoms with Gasteiger partial charge in [-0.25, -0.2) is 0 Å². The number of ether oxygens (including phenoxy) is 2. The van der Waals surface area contributed by atoms with Crippen molar-refractivity contribution in [2.75, 3.05) is 13.2 Å². The van der Waals surface area contributed by atoms with Gasteiger partial charge in [0.05, 0.1) is 13.2 Å².